The van der Waals surface area contributed by atoms with Gasteiger partial charge in [0.2, 0.25) is 0 Å². The number of hydrogen-bond donors (Lipinski definition) is 1. The van der Waals surface area contributed by atoms with Crippen LogP contribution >= 0.6 is 0 Å². The molecule has 26 heavy (non-hydrogen) atoms. The molecule has 138 valence electrons. The van der Waals surface area contributed by atoms with Crippen molar-refractivity contribution < 1.29 is 23.8 Å². The van der Waals surface area contributed by atoms with E-state index in [1.54, 1.807) is 32.4 Å². The van der Waals surface area contributed by atoms with Crippen molar-refractivity contribution in [3.8, 4) is 11.5 Å². The molecule has 2 rings (SSSR count). The molecule has 0 saturated heterocycles. The quantitative estimate of drug-likeness (QED) is 0.735. The van der Waals surface area contributed by atoms with Crippen molar-refractivity contribution in [2.75, 3.05) is 27.4 Å². The second-order valence-electron chi connectivity index (χ2n) is 5.73. The molecule has 1 N–H and O–H groups in total. The van der Waals surface area contributed by atoms with Gasteiger partial charge >= 0.3 is 5.97 Å². The molecule has 1 amide bonds. The summed E-state index contributed by atoms with van der Waals surface area (Å²) in [5.41, 5.74) is 2.39. The summed E-state index contributed by atoms with van der Waals surface area (Å²) in [5.74, 6) is 0.446. The maximum atomic E-state index is 11.9. The number of carbonyl (C=O) groups excluding carboxylic acids is 2. The van der Waals surface area contributed by atoms with Gasteiger partial charge in [0.05, 0.1) is 19.8 Å². The fraction of sp³-hybridized carbons (Fsp3) is 0.300. The highest BCUT2D eigenvalue weighted by atomic mass is 16.5. The van der Waals surface area contributed by atoms with E-state index < -0.39 is 5.97 Å². The molecule has 0 aromatic heterocycles. The first-order chi connectivity index (χ1) is 12.5. The Labute approximate surface area is 153 Å². The van der Waals surface area contributed by atoms with Gasteiger partial charge in [-0.2, -0.15) is 0 Å². The molecule has 2 aromatic carbocycles. The average Bonchev–Trinajstić information content (AvgIpc) is 2.65. The lowest BCUT2D eigenvalue weighted by Gasteiger charge is -2.10. The topological polar surface area (TPSA) is 73.9 Å². The number of carbonyl (C=O) groups is 2. The molecule has 0 unspecified atom stereocenters. The molecule has 6 heteroatoms. The summed E-state index contributed by atoms with van der Waals surface area (Å²) in [6.07, 6.45) is 0.623. The molecule has 0 spiro atoms. The molecule has 0 fully saturated rings. The molecule has 0 radical (unpaired) electrons. The van der Waals surface area contributed by atoms with E-state index in [9.17, 15) is 9.59 Å². The van der Waals surface area contributed by atoms with Gasteiger partial charge < -0.3 is 19.5 Å². The SMILES string of the molecule is COc1ccc(CCNC(=O)COC(=O)c2cccc(C)c2)cc1OC. The van der Waals surface area contributed by atoms with Gasteiger partial charge in [0.25, 0.3) is 5.91 Å². The van der Waals surface area contributed by atoms with Gasteiger partial charge in [-0.3, -0.25) is 4.79 Å². The van der Waals surface area contributed by atoms with E-state index in [-0.39, 0.29) is 12.5 Å². The van der Waals surface area contributed by atoms with E-state index >= 15 is 0 Å². The Morgan fingerprint density at radius 1 is 1.00 bits per heavy atom. The zero-order chi connectivity index (χ0) is 18.9. The largest absolute Gasteiger partial charge is 0.493 e. The molecule has 0 aliphatic carbocycles. The summed E-state index contributed by atoms with van der Waals surface area (Å²) in [6.45, 7) is 2.01. The van der Waals surface area contributed by atoms with Gasteiger partial charge in [-0.15, -0.1) is 0 Å². The molecule has 0 atom stereocenters. The second-order valence-corrected chi connectivity index (χ2v) is 5.73. The highest BCUT2D eigenvalue weighted by Crippen LogP contribution is 2.27. The summed E-state index contributed by atoms with van der Waals surface area (Å²) >= 11 is 0. The fourth-order valence-corrected chi connectivity index (χ4v) is 2.42. The number of esters is 1. The molecule has 0 aliphatic rings. The highest BCUT2D eigenvalue weighted by molar-refractivity contribution is 5.91. The molecule has 0 saturated carbocycles. The van der Waals surface area contributed by atoms with Gasteiger partial charge in [0.1, 0.15) is 0 Å². The Morgan fingerprint density at radius 3 is 2.46 bits per heavy atom. The van der Waals surface area contributed by atoms with E-state index in [4.69, 9.17) is 14.2 Å². The van der Waals surface area contributed by atoms with E-state index in [1.165, 1.54) is 0 Å². The van der Waals surface area contributed by atoms with E-state index in [0.29, 0.717) is 30.0 Å². The number of hydrogen-bond acceptors (Lipinski definition) is 5. The third-order valence-corrected chi connectivity index (χ3v) is 3.77. The molecular weight excluding hydrogens is 334 g/mol. The predicted molar refractivity (Wildman–Crippen MR) is 97.7 cm³/mol. The second kappa shape index (κ2) is 9.46. The smallest absolute Gasteiger partial charge is 0.338 e. The van der Waals surface area contributed by atoms with Crippen LogP contribution in [0.4, 0.5) is 0 Å². The van der Waals surface area contributed by atoms with Crippen molar-refractivity contribution in [1.82, 2.24) is 5.32 Å². The van der Waals surface area contributed by atoms with Crippen LogP contribution in [0.1, 0.15) is 21.5 Å². The van der Waals surface area contributed by atoms with Crippen molar-refractivity contribution in [2.24, 2.45) is 0 Å². The molecule has 0 bridgehead atoms. The number of aryl methyl sites for hydroxylation is 1. The third kappa shape index (κ3) is 5.51. The summed E-state index contributed by atoms with van der Waals surface area (Å²) < 4.78 is 15.5. The molecular formula is C20H23NO5. The van der Waals surface area contributed by atoms with Crippen molar-refractivity contribution >= 4 is 11.9 Å². The van der Waals surface area contributed by atoms with Crippen molar-refractivity contribution in [3.63, 3.8) is 0 Å². The summed E-state index contributed by atoms with van der Waals surface area (Å²) in [5, 5.41) is 2.73. The van der Waals surface area contributed by atoms with Crippen LogP contribution in [-0.4, -0.2) is 39.2 Å². The minimum absolute atomic E-state index is 0.307. The third-order valence-electron chi connectivity index (χ3n) is 3.77. The lowest BCUT2D eigenvalue weighted by Crippen LogP contribution is -2.30. The van der Waals surface area contributed by atoms with Gasteiger partial charge in [-0.25, -0.2) is 4.79 Å². The first-order valence-corrected chi connectivity index (χ1v) is 8.25. The lowest BCUT2D eigenvalue weighted by atomic mass is 10.1. The van der Waals surface area contributed by atoms with Crippen molar-refractivity contribution in [3.05, 3.63) is 59.2 Å². The molecule has 0 heterocycles. The number of ether oxygens (including phenoxy) is 3. The van der Waals surface area contributed by atoms with Crippen LogP contribution in [0.2, 0.25) is 0 Å². The summed E-state index contributed by atoms with van der Waals surface area (Å²) in [4.78, 5) is 23.7. The van der Waals surface area contributed by atoms with Crippen LogP contribution in [-0.2, 0) is 16.0 Å². The van der Waals surface area contributed by atoms with Crippen LogP contribution in [0.15, 0.2) is 42.5 Å². The van der Waals surface area contributed by atoms with Crippen LogP contribution in [0.5, 0.6) is 11.5 Å². The Hall–Kier alpha value is -3.02. The Balaban J connectivity index is 1.76. The van der Waals surface area contributed by atoms with Gasteiger partial charge in [-0.1, -0.05) is 23.8 Å². The Kier molecular flexibility index (Phi) is 7.02. The predicted octanol–water partition coefficient (Wildman–Crippen LogP) is 2.53. The van der Waals surface area contributed by atoms with Crippen LogP contribution in [0.3, 0.4) is 0 Å². The Morgan fingerprint density at radius 2 is 1.77 bits per heavy atom. The van der Waals surface area contributed by atoms with Gasteiger partial charge in [-0.05, 0) is 43.2 Å². The number of methoxy groups -OCH3 is 2. The highest BCUT2D eigenvalue weighted by Gasteiger charge is 2.10. The lowest BCUT2D eigenvalue weighted by molar-refractivity contribution is -0.124. The number of amides is 1. The van der Waals surface area contributed by atoms with E-state index in [1.807, 2.05) is 31.2 Å². The van der Waals surface area contributed by atoms with Crippen LogP contribution in [0.25, 0.3) is 0 Å². The minimum Gasteiger partial charge on any atom is -0.493 e. The number of rotatable bonds is 8. The molecule has 0 aliphatic heterocycles. The standard InChI is InChI=1S/C20H23NO5/c1-14-5-4-6-16(11-14)20(23)26-13-19(22)21-10-9-15-7-8-17(24-2)18(12-15)25-3/h4-8,11-12H,9-10,13H2,1-3H3,(H,21,22). The fourth-order valence-electron chi connectivity index (χ4n) is 2.42. The minimum atomic E-state index is -0.510. The number of benzene rings is 2. The summed E-state index contributed by atoms with van der Waals surface area (Å²) in [6, 6.07) is 12.6. The molecule has 6 nitrogen and oxygen atoms in total. The first kappa shape index (κ1) is 19.3. The van der Waals surface area contributed by atoms with Crippen LogP contribution in [0, 0.1) is 6.92 Å². The monoisotopic (exact) mass is 357 g/mol. The molecule has 2 aromatic rings. The van der Waals surface area contributed by atoms with Gasteiger partial charge in [0, 0.05) is 6.54 Å². The van der Waals surface area contributed by atoms with E-state index in [2.05, 4.69) is 5.32 Å². The number of nitrogens with one attached hydrogen (secondary N) is 1. The maximum absolute atomic E-state index is 11.9. The van der Waals surface area contributed by atoms with E-state index in [0.717, 1.165) is 11.1 Å². The zero-order valence-electron chi connectivity index (χ0n) is 15.2. The first-order valence-electron chi connectivity index (χ1n) is 8.25. The average molecular weight is 357 g/mol. The zero-order valence-corrected chi connectivity index (χ0v) is 15.2. The van der Waals surface area contributed by atoms with Gasteiger partial charge in [0.15, 0.2) is 18.1 Å². The Bertz CT molecular complexity index is 773. The normalized spacial score (nSPS) is 10.1. The van der Waals surface area contributed by atoms with Crippen molar-refractivity contribution in [1.29, 1.82) is 0 Å². The maximum Gasteiger partial charge on any atom is 0.338 e. The van der Waals surface area contributed by atoms with Crippen molar-refractivity contribution in [2.45, 2.75) is 13.3 Å². The summed E-state index contributed by atoms with van der Waals surface area (Å²) in [7, 11) is 3.15. The van der Waals surface area contributed by atoms with Crippen LogP contribution < -0.4 is 14.8 Å².